The fourth-order valence-corrected chi connectivity index (χ4v) is 4.76. The zero-order valence-corrected chi connectivity index (χ0v) is 20.2. The molecule has 3 rings (SSSR count). The minimum Gasteiger partial charge on any atom is -0.480 e. The van der Waals surface area contributed by atoms with E-state index in [4.69, 9.17) is 4.74 Å². The quantitative estimate of drug-likeness (QED) is 0.614. The van der Waals surface area contributed by atoms with Gasteiger partial charge in [-0.1, -0.05) is 6.07 Å². The van der Waals surface area contributed by atoms with Crippen LogP contribution in [0, 0.1) is 0 Å². The Morgan fingerprint density at radius 3 is 2.35 bits per heavy atom. The number of likely N-dealkylation sites (tertiary alicyclic amines) is 2. The Hall–Kier alpha value is -2.49. The molecular weight excluding hydrogens is 451 g/mol. The van der Waals surface area contributed by atoms with E-state index in [-0.39, 0.29) is 17.3 Å². The van der Waals surface area contributed by atoms with Gasteiger partial charge in [-0.15, -0.1) is 0 Å². The lowest BCUT2D eigenvalue weighted by Crippen LogP contribution is -2.53. The van der Waals surface area contributed by atoms with Gasteiger partial charge in [0.15, 0.2) is 0 Å². The molecule has 0 saturated carbocycles. The highest BCUT2D eigenvalue weighted by molar-refractivity contribution is 5.77. The van der Waals surface area contributed by atoms with Gasteiger partial charge in [0.25, 0.3) is 0 Å². The summed E-state index contributed by atoms with van der Waals surface area (Å²) < 4.78 is 45.4. The lowest BCUT2D eigenvalue weighted by atomic mass is 9.84. The van der Waals surface area contributed by atoms with Crippen LogP contribution in [-0.2, 0) is 22.3 Å². The molecule has 190 valence electrons. The summed E-state index contributed by atoms with van der Waals surface area (Å²) in [6.45, 7) is 9.19. The smallest absolute Gasteiger partial charge is 0.416 e. The van der Waals surface area contributed by atoms with Crippen LogP contribution in [0.1, 0.15) is 64.5 Å². The van der Waals surface area contributed by atoms with Gasteiger partial charge >= 0.3 is 18.2 Å². The van der Waals surface area contributed by atoms with Crippen molar-refractivity contribution in [2.75, 3.05) is 25.0 Å². The molecule has 10 heteroatoms. The number of carboxylic acids is 1. The fourth-order valence-electron chi connectivity index (χ4n) is 4.76. The number of hydrogen-bond donors (Lipinski definition) is 2. The van der Waals surface area contributed by atoms with E-state index in [1.165, 1.54) is 13.0 Å². The summed E-state index contributed by atoms with van der Waals surface area (Å²) >= 11 is 0. The highest BCUT2D eigenvalue weighted by Gasteiger charge is 2.44. The third-order valence-corrected chi connectivity index (χ3v) is 6.63. The lowest BCUT2D eigenvalue weighted by molar-refractivity contribution is -0.138. The van der Waals surface area contributed by atoms with Crippen molar-refractivity contribution in [3.8, 4) is 0 Å². The first-order valence-corrected chi connectivity index (χ1v) is 11.6. The second kappa shape index (κ2) is 9.64. The summed E-state index contributed by atoms with van der Waals surface area (Å²) in [5, 5.41) is 12.0. The van der Waals surface area contributed by atoms with E-state index in [0.29, 0.717) is 25.2 Å². The van der Waals surface area contributed by atoms with Crippen LogP contribution in [0.5, 0.6) is 0 Å². The van der Waals surface area contributed by atoms with Crippen molar-refractivity contribution < 1.29 is 32.6 Å². The number of benzene rings is 1. The van der Waals surface area contributed by atoms with Crippen LogP contribution in [0.2, 0.25) is 0 Å². The second-order valence-electron chi connectivity index (χ2n) is 10.3. The maximum Gasteiger partial charge on any atom is 0.416 e. The third kappa shape index (κ3) is 6.14. The van der Waals surface area contributed by atoms with E-state index in [2.05, 4.69) is 10.2 Å². The normalized spacial score (nSPS) is 19.8. The van der Waals surface area contributed by atoms with E-state index in [9.17, 15) is 27.9 Å². The van der Waals surface area contributed by atoms with Gasteiger partial charge in [-0.2, -0.15) is 13.2 Å². The second-order valence-corrected chi connectivity index (χ2v) is 10.3. The molecule has 0 bridgehead atoms. The van der Waals surface area contributed by atoms with Crippen molar-refractivity contribution in [2.24, 2.45) is 0 Å². The fraction of sp³-hybridized carbons (Fsp3) is 0.667. The Balaban J connectivity index is 1.77. The third-order valence-electron chi connectivity index (χ3n) is 6.63. The van der Waals surface area contributed by atoms with E-state index < -0.39 is 29.4 Å². The van der Waals surface area contributed by atoms with Gasteiger partial charge in [0.05, 0.1) is 5.56 Å². The molecule has 2 aliphatic heterocycles. The number of rotatable bonds is 5. The molecule has 34 heavy (non-hydrogen) atoms. The highest BCUT2D eigenvalue weighted by atomic mass is 19.4. The van der Waals surface area contributed by atoms with Crippen LogP contribution in [0.3, 0.4) is 0 Å². The van der Waals surface area contributed by atoms with E-state index in [1.54, 1.807) is 4.90 Å². The van der Waals surface area contributed by atoms with Crippen LogP contribution in [0.25, 0.3) is 0 Å². The van der Waals surface area contributed by atoms with Crippen molar-refractivity contribution in [1.29, 1.82) is 0 Å². The zero-order chi connectivity index (χ0) is 25.3. The van der Waals surface area contributed by atoms with Crippen LogP contribution in [-0.4, -0.2) is 63.8 Å². The molecule has 2 aliphatic rings. The van der Waals surface area contributed by atoms with Crippen molar-refractivity contribution in [3.63, 3.8) is 0 Å². The van der Waals surface area contributed by atoms with Crippen molar-refractivity contribution >= 4 is 17.7 Å². The number of hydrogen-bond acceptors (Lipinski definition) is 5. The molecule has 0 aliphatic carbocycles. The zero-order valence-electron chi connectivity index (χ0n) is 20.2. The molecule has 1 spiro atoms. The minimum absolute atomic E-state index is 0.142. The van der Waals surface area contributed by atoms with Crippen molar-refractivity contribution in [3.05, 3.63) is 29.3 Å². The number of carbonyl (C=O) groups excluding carboxylic acids is 1. The maximum atomic E-state index is 13.3. The summed E-state index contributed by atoms with van der Waals surface area (Å²) in [6.07, 6.45) is -1.44. The molecule has 2 fully saturated rings. The Morgan fingerprint density at radius 1 is 1.15 bits per heavy atom. The molecule has 2 saturated heterocycles. The maximum absolute atomic E-state index is 13.3. The van der Waals surface area contributed by atoms with E-state index in [0.717, 1.165) is 44.4 Å². The number of anilines is 1. The predicted octanol–water partition coefficient (Wildman–Crippen LogP) is 4.96. The Labute approximate surface area is 198 Å². The number of piperidine rings is 1. The number of nitrogens with one attached hydrogen (secondary N) is 1. The molecule has 1 aromatic carbocycles. The summed E-state index contributed by atoms with van der Waals surface area (Å²) in [5.41, 5.74) is -0.727. The van der Waals surface area contributed by atoms with Gasteiger partial charge in [-0.25, -0.2) is 4.79 Å². The molecule has 2 heterocycles. The first-order valence-electron chi connectivity index (χ1n) is 11.6. The first-order chi connectivity index (χ1) is 15.7. The van der Waals surface area contributed by atoms with Crippen molar-refractivity contribution in [2.45, 2.75) is 83.3 Å². The van der Waals surface area contributed by atoms with Gasteiger partial charge in [0, 0.05) is 30.9 Å². The number of amides is 1. The molecule has 1 aromatic rings. The highest BCUT2D eigenvalue weighted by Crippen LogP contribution is 2.41. The van der Waals surface area contributed by atoms with Gasteiger partial charge in [0.2, 0.25) is 0 Å². The first kappa shape index (κ1) is 26.1. The molecule has 0 unspecified atom stereocenters. The average Bonchev–Trinajstić information content (AvgIpc) is 3.09. The molecule has 7 nitrogen and oxygen atoms in total. The van der Waals surface area contributed by atoms with Crippen LogP contribution in [0.4, 0.5) is 23.7 Å². The molecule has 1 amide bonds. The summed E-state index contributed by atoms with van der Waals surface area (Å²) in [7, 11) is 0. The number of ether oxygens (including phenoxy) is 1. The molecular formula is C24H34F3N3O4. The lowest BCUT2D eigenvalue weighted by Gasteiger charge is -2.45. The topological polar surface area (TPSA) is 82.1 Å². The number of aliphatic carboxylic acids is 1. The number of carbonyl (C=O) groups is 2. The summed E-state index contributed by atoms with van der Waals surface area (Å²) in [5.74, 6) is -1.14. The van der Waals surface area contributed by atoms with E-state index in [1.807, 2.05) is 20.8 Å². The van der Waals surface area contributed by atoms with Crippen LogP contribution in [0.15, 0.2) is 18.2 Å². The van der Waals surface area contributed by atoms with Crippen LogP contribution >= 0.6 is 0 Å². The van der Waals surface area contributed by atoms with Crippen LogP contribution < -0.4 is 5.32 Å². The SMILES string of the molecule is C[C@H](Nc1cc(C(F)(F)F)ccc1CN1CCCC12CCN(C(=O)OC(C)(C)C)CC2)C(=O)O. The number of alkyl halides is 3. The molecule has 0 aromatic heterocycles. The number of nitrogens with zero attached hydrogens (tertiary/aromatic N) is 2. The molecule has 1 atom stereocenters. The van der Waals surface area contributed by atoms with Gasteiger partial charge < -0.3 is 20.1 Å². The van der Waals surface area contributed by atoms with Gasteiger partial charge in [0.1, 0.15) is 11.6 Å². The Kier molecular flexibility index (Phi) is 7.40. The van der Waals surface area contributed by atoms with Crippen molar-refractivity contribution in [1.82, 2.24) is 9.80 Å². The number of carboxylic acid groups (broad SMARTS) is 1. The Morgan fingerprint density at radius 2 is 1.79 bits per heavy atom. The standard InChI is InChI=1S/C24H34F3N3O4/c1-16(20(31)32)28-19-14-18(24(25,26)27)7-6-17(19)15-30-11-5-8-23(30)9-12-29(13-10-23)21(33)34-22(2,3)4/h6-7,14,16,28H,5,8-13,15H2,1-4H3,(H,31,32)/t16-/m0/s1. The largest absolute Gasteiger partial charge is 0.480 e. The van der Waals surface area contributed by atoms with E-state index >= 15 is 0 Å². The summed E-state index contributed by atoms with van der Waals surface area (Å²) in [4.78, 5) is 27.8. The Bertz CT molecular complexity index is 906. The monoisotopic (exact) mass is 485 g/mol. The van der Waals surface area contributed by atoms with Gasteiger partial charge in [-0.05, 0) is 77.6 Å². The number of halogens is 3. The average molecular weight is 486 g/mol. The minimum atomic E-state index is -4.52. The molecule has 0 radical (unpaired) electrons. The summed E-state index contributed by atoms with van der Waals surface area (Å²) in [6, 6.07) is 2.43. The molecule has 2 N–H and O–H groups in total. The predicted molar refractivity (Wildman–Crippen MR) is 122 cm³/mol. The van der Waals surface area contributed by atoms with Gasteiger partial charge in [-0.3, -0.25) is 9.69 Å².